The highest BCUT2D eigenvalue weighted by Gasteiger charge is 2.15. The summed E-state index contributed by atoms with van der Waals surface area (Å²) < 4.78 is 24.6. The summed E-state index contributed by atoms with van der Waals surface area (Å²) in [6, 6.07) is 8.39. The van der Waals surface area contributed by atoms with Crippen molar-refractivity contribution in [3.8, 4) is 17.2 Å². The Balaban J connectivity index is 2.45. The smallest absolute Gasteiger partial charge is 0.339 e. The molecule has 20 heavy (non-hydrogen) atoms. The van der Waals surface area contributed by atoms with Crippen molar-refractivity contribution in [2.24, 2.45) is 0 Å². The van der Waals surface area contributed by atoms with Crippen LogP contribution >= 0.6 is 15.9 Å². The van der Waals surface area contributed by atoms with Crippen molar-refractivity contribution in [1.29, 1.82) is 0 Å². The van der Waals surface area contributed by atoms with Crippen LogP contribution in [0.3, 0.4) is 0 Å². The minimum Gasteiger partial charge on any atom is -0.497 e. The lowest BCUT2D eigenvalue weighted by molar-refractivity contribution is 0.0694. The third kappa shape index (κ3) is 3.08. The fraction of sp³-hybridized carbons (Fsp3) is 0.0714. The molecular weight excluding hydrogens is 331 g/mol. The number of aromatic carboxylic acids is 1. The van der Waals surface area contributed by atoms with Gasteiger partial charge in [-0.1, -0.05) is 15.9 Å². The van der Waals surface area contributed by atoms with Gasteiger partial charge in [0.1, 0.15) is 17.1 Å². The second-order valence-corrected chi connectivity index (χ2v) is 4.76. The maximum absolute atomic E-state index is 13.6. The predicted octanol–water partition coefficient (Wildman–Crippen LogP) is 4.09. The van der Waals surface area contributed by atoms with Crippen LogP contribution < -0.4 is 9.47 Å². The van der Waals surface area contributed by atoms with E-state index >= 15 is 0 Å². The van der Waals surface area contributed by atoms with Gasteiger partial charge >= 0.3 is 5.97 Å². The van der Waals surface area contributed by atoms with Gasteiger partial charge in [-0.3, -0.25) is 0 Å². The molecule has 4 nitrogen and oxygen atoms in total. The molecule has 6 heteroatoms. The molecule has 2 rings (SSSR count). The average Bonchev–Trinajstić information content (AvgIpc) is 2.42. The van der Waals surface area contributed by atoms with Crippen LogP contribution in [0.15, 0.2) is 40.9 Å². The summed E-state index contributed by atoms with van der Waals surface area (Å²) in [5.74, 6) is -1.41. The summed E-state index contributed by atoms with van der Waals surface area (Å²) in [6.07, 6.45) is 0. The molecule has 0 aliphatic carbocycles. The Morgan fingerprint density at radius 1 is 1.20 bits per heavy atom. The lowest BCUT2D eigenvalue weighted by atomic mass is 10.2. The van der Waals surface area contributed by atoms with Gasteiger partial charge in [0.05, 0.1) is 7.11 Å². The molecule has 0 atom stereocenters. The van der Waals surface area contributed by atoms with Gasteiger partial charge in [0, 0.05) is 10.5 Å². The third-order valence-electron chi connectivity index (χ3n) is 2.53. The van der Waals surface area contributed by atoms with Crippen molar-refractivity contribution in [3.63, 3.8) is 0 Å². The quantitative estimate of drug-likeness (QED) is 0.910. The second-order valence-electron chi connectivity index (χ2n) is 3.84. The summed E-state index contributed by atoms with van der Waals surface area (Å²) in [4.78, 5) is 11.1. The topological polar surface area (TPSA) is 55.8 Å². The normalized spacial score (nSPS) is 10.2. The van der Waals surface area contributed by atoms with Crippen LogP contribution in [0.5, 0.6) is 17.2 Å². The zero-order chi connectivity index (χ0) is 14.7. The van der Waals surface area contributed by atoms with Gasteiger partial charge in [0.15, 0.2) is 11.6 Å². The lowest BCUT2D eigenvalue weighted by Crippen LogP contribution is -2.01. The number of carboxylic acids is 1. The lowest BCUT2D eigenvalue weighted by Gasteiger charge is -2.11. The molecule has 0 spiro atoms. The Bertz CT molecular complexity index is 658. The Morgan fingerprint density at radius 3 is 2.60 bits per heavy atom. The van der Waals surface area contributed by atoms with Crippen LogP contribution in [0.1, 0.15) is 10.4 Å². The van der Waals surface area contributed by atoms with E-state index in [1.165, 1.54) is 43.5 Å². The SMILES string of the molecule is COc1ccc(C(=O)O)c(Oc2cc(Br)ccc2F)c1. The standard InChI is InChI=1S/C14H10BrFO4/c1-19-9-3-4-10(14(17)18)12(7-9)20-13-6-8(15)2-5-11(13)16/h2-7H,1H3,(H,17,18). The number of hydrogen-bond donors (Lipinski definition) is 1. The molecule has 0 aromatic heterocycles. The Labute approximate surface area is 122 Å². The van der Waals surface area contributed by atoms with Crippen molar-refractivity contribution in [1.82, 2.24) is 0 Å². The van der Waals surface area contributed by atoms with Crippen LogP contribution in [-0.2, 0) is 0 Å². The van der Waals surface area contributed by atoms with Crippen LogP contribution in [0.2, 0.25) is 0 Å². The largest absolute Gasteiger partial charge is 0.497 e. The van der Waals surface area contributed by atoms with Gasteiger partial charge in [-0.05, 0) is 30.3 Å². The fourth-order valence-corrected chi connectivity index (χ4v) is 1.90. The monoisotopic (exact) mass is 340 g/mol. The van der Waals surface area contributed by atoms with Crippen LogP contribution in [-0.4, -0.2) is 18.2 Å². The summed E-state index contributed by atoms with van der Waals surface area (Å²) in [6.45, 7) is 0. The van der Waals surface area contributed by atoms with Gasteiger partial charge in [-0.2, -0.15) is 0 Å². The number of benzene rings is 2. The Hall–Kier alpha value is -2.08. The summed E-state index contributed by atoms with van der Waals surface area (Å²) in [5.41, 5.74) is -0.0785. The van der Waals surface area contributed by atoms with Crippen molar-refractivity contribution in [2.75, 3.05) is 7.11 Å². The van der Waals surface area contributed by atoms with Crippen molar-refractivity contribution in [2.45, 2.75) is 0 Å². The number of halogens is 2. The first-order valence-corrected chi connectivity index (χ1v) is 6.35. The first kappa shape index (κ1) is 14.3. The Kier molecular flexibility index (Phi) is 4.24. The zero-order valence-corrected chi connectivity index (χ0v) is 12.0. The van der Waals surface area contributed by atoms with Gasteiger partial charge in [-0.15, -0.1) is 0 Å². The maximum Gasteiger partial charge on any atom is 0.339 e. The minimum absolute atomic E-state index is 0.00819. The Morgan fingerprint density at radius 2 is 1.95 bits per heavy atom. The minimum atomic E-state index is -1.17. The van der Waals surface area contributed by atoms with Crippen molar-refractivity contribution >= 4 is 21.9 Å². The number of hydrogen-bond acceptors (Lipinski definition) is 3. The molecule has 0 saturated carbocycles. The molecule has 2 aromatic carbocycles. The molecule has 0 amide bonds. The molecule has 2 aromatic rings. The molecule has 0 saturated heterocycles. The third-order valence-corrected chi connectivity index (χ3v) is 3.03. The molecule has 104 valence electrons. The highest BCUT2D eigenvalue weighted by atomic mass is 79.9. The van der Waals surface area contributed by atoms with E-state index in [2.05, 4.69) is 15.9 Å². The number of carbonyl (C=O) groups is 1. The predicted molar refractivity (Wildman–Crippen MR) is 74.1 cm³/mol. The van der Waals surface area contributed by atoms with E-state index in [0.29, 0.717) is 10.2 Å². The highest BCUT2D eigenvalue weighted by Crippen LogP contribution is 2.32. The van der Waals surface area contributed by atoms with E-state index in [-0.39, 0.29) is 17.1 Å². The van der Waals surface area contributed by atoms with Crippen LogP contribution in [0.4, 0.5) is 4.39 Å². The number of ether oxygens (including phenoxy) is 2. The van der Waals surface area contributed by atoms with Gasteiger partial charge < -0.3 is 14.6 Å². The van der Waals surface area contributed by atoms with Gasteiger partial charge in [0.2, 0.25) is 0 Å². The van der Waals surface area contributed by atoms with E-state index in [4.69, 9.17) is 14.6 Å². The molecular formula is C14H10BrFO4. The molecule has 0 aliphatic heterocycles. The molecule has 0 fully saturated rings. The van der Waals surface area contributed by atoms with Gasteiger partial charge in [-0.25, -0.2) is 9.18 Å². The summed E-state index contributed by atoms with van der Waals surface area (Å²) >= 11 is 3.20. The molecule has 0 unspecified atom stereocenters. The van der Waals surface area contributed by atoms with Crippen LogP contribution in [0, 0.1) is 5.82 Å². The van der Waals surface area contributed by atoms with E-state index in [0.717, 1.165) is 0 Å². The molecule has 0 bridgehead atoms. The highest BCUT2D eigenvalue weighted by molar-refractivity contribution is 9.10. The second kappa shape index (κ2) is 5.92. The summed E-state index contributed by atoms with van der Waals surface area (Å²) in [5, 5.41) is 9.11. The number of rotatable bonds is 4. The van der Waals surface area contributed by atoms with Crippen molar-refractivity contribution in [3.05, 3.63) is 52.3 Å². The van der Waals surface area contributed by atoms with E-state index in [1.54, 1.807) is 0 Å². The molecule has 1 N–H and O–H groups in total. The van der Waals surface area contributed by atoms with Crippen LogP contribution in [0.25, 0.3) is 0 Å². The number of methoxy groups -OCH3 is 1. The van der Waals surface area contributed by atoms with E-state index < -0.39 is 11.8 Å². The zero-order valence-electron chi connectivity index (χ0n) is 10.4. The average molecular weight is 341 g/mol. The van der Waals surface area contributed by atoms with Crippen molar-refractivity contribution < 1.29 is 23.8 Å². The first-order valence-electron chi connectivity index (χ1n) is 5.55. The number of carboxylic acid groups (broad SMARTS) is 1. The molecule has 0 radical (unpaired) electrons. The summed E-state index contributed by atoms with van der Waals surface area (Å²) in [7, 11) is 1.44. The van der Waals surface area contributed by atoms with E-state index in [1.807, 2.05) is 0 Å². The van der Waals surface area contributed by atoms with Gasteiger partial charge in [0.25, 0.3) is 0 Å². The fourth-order valence-electron chi connectivity index (χ4n) is 1.56. The molecule has 0 aliphatic rings. The maximum atomic E-state index is 13.6. The molecule has 0 heterocycles. The van der Waals surface area contributed by atoms with E-state index in [9.17, 15) is 9.18 Å². The first-order chi connectivity index (χ1) is 9.51.